The number of pyridine rings is 1. The highest BCUT2D eigenvalue weighted by atomic mass is 16.3. The average Bonchev–Trinajstić information content (AvgIpc) is 2.77. The van der Waals surface area contributed by atoms with E-state index in [1.54, 1.807) is 12.4 Å². The lowest BCUT2D eigenvalue weighted by Gasteiger charge is -2.26. The van der Waals surface area contributed by atoms with Crippen LogP contribution in [0.3, 0.4) is 0 Å². The van der Waals surface area contributed by atoms with Crippen molar-refractivity contribution in [1.29, 1.82) is 0 Å². The minimum absolute atomic E-state index is 0.0630. The molecule has 2 rings (SSSR count). The largest absolute Gasteiger partial charge is 0.395 e. The van der Waals surface area contributed by atoms with Gasteiger partial charge in [-0.15, -0.1) is 0 Å². The number of rotatable bonds is 6. The highest BCUT2D eigenvalue weighted by molar-refractivity contribution is 5.78. The maximum absolute atomic E-state index is 12.4. The smallest absolute Gasteiger partial charge is 0.236 e. The molecule has 1 saturated heterocycles. The first-order valence-corrected chi connectivity index (χ1v) is 7.79. The summed E-state index contributed by atoms with van der Waals surface area (Å²) in [6.45, 7) is 3.34. The van der Waals surface area contributed by atoms with Crippen molar-refractivity contribution >= 4 is 5.91 Å². The second kappa shape index (κ2) is 8.74. The molecular weight excluding hydrogens is 266 g/mol. The summed E-state index contributed by atoms with van der Waals surface area (Å²) in [7, 11) is 0. The van der Waals surface area contributed by atoms with Gasteiger partial charge in [0, 0.05) is 38.6 Å². The maximum Gasteiger partial charge on any atom is 0.236 e. The minimum atomic E-state index is 0.0630. The van der Waals surface area contributed by atoms with Gasteiger partial charge in [-0.05, 0) is 24.5 Å². The van der Waals surface area contributed by atoms with E-state index in [4.69, 9.17) is 0 Å². The van der Waals surface area contributed by atoms with E-state index in [0.29, 0.717) is 19.6 Å². The summed E-state index contributed by atoms with van der Waals surface area (Å²) in [5, 5.41) is 9.20. The first-order chi connectivity index (χ1) is 10.3. The number of aromatic nitrogens is 1. The second-order valence-corrected chi connectivity index (χ2v) is 5.59. The molecular formula is C16H25N3O2. The summed E-state index contributed by atoms with van der Waals surface area (Å²) >= 11 is 0. The third-order valence-corrected chi connectivity index (χ3v) is 3.86. The number of carbonyl (C=O) groups is 1. The standard InChI is InChI=1S/C16H25N3O2/c20-11-10-18(13-15-6-5-7-17-12-15)14-16(21)19-8-3-1-2-4-9-19/h5-7,12,20H,1-4,8-11,13-14H2. The summed E-state index contributed by atoms with van der Waals surface area (Å²) in [6.07, 6.45) is 8.20. The number of nitrogens with zero attached hydrogens (tertiary/aromatic N) is 3. The first kappa shape index (κ1) is 15.9. The van der Waals surface area contributed by atoms with Crippen LogP contribution in [0.2, 0.25) is 0 Å². The van der Waals surface area contributed by atoms with Crippen LogP contribution in [-0.2, 0) is 11.3 Å². The first-order valence-electron chi connectivity index (χ1n) is 7.79. The molecule has 1 amide bonds. The van der Waals surface area contributed by atoms with Gasteiger partial charge in [0.25, 0.3) is 0 Å². The van der Waals surface area contributed by atoms with Gasteiger partial charge in [-0.3, -0.25) is 14.7 Å². The summed E-state index contributed by atoms with van der Waals surface area (Å²) < 4.78 is 0. The van der Waals surface area contributed by atoms with Crippen molar-refractivity contribution in [3.63, 3.8) is 0 Å². The fourth-order valence-corrected chi connectivity index (χ4v) is 2.72. The van der Waals surface area contributed by atoms with Gasteiger partial charge in [0.05, 0.1) is 13.2 Å². The molecule has 21 heavy (non-hydrogen) atoms. The monoisotopic (exact) mass is 291 g/mol. The van der Waals surface area contributed by atoms with Gasteiger partial charge in [0.15, 0.2) is 0 Å². The van der Waals surface area contributed by atoms with Gasteiger partial charge in [-0.2, -0.15) is 0 Å². The predicted molar refractivity (Wildman–Crippen MR) is 81.6 cm³/mol. The van der Waals surface area contributed by atoms with E-state index in [-0.39, 0.29) is 12.5 Å². The third kappa shape index (κ3) is 5.44. The molecule has 1 aromatic rings. The Morgan fingerprint density at radius 2 is 2.05 bits per heavy atom. The minimum Gasteiger partial charge on any atom is -0.395 e. The Morgan fingerprint density at radius 3 is 2.67 bits per heavy atom. The summed E-state index contributed by atoms with van der Waals surface area (Å²) in [5.74, 6) is 0.175. The van der Waals surface area contributed by atoms with Crippen molar-refractivity contribution in [3.05, 3.63) is 30.1 Å². The number of hydrogen-bond acceptors (Lipinski definition) is 4. The van der Waals surface area contributed by atoms with Crippen molar-refractivity contribution in [1.82, 2.24) is 14.8 Å². The van der Waals surface area contributed by atoms with E-state index >= 15 is 0 Å². The topological polar surface area (TPSA) is 56.7 Å². The Balaban J connectivity index is 1.90. The number of aliphatic hydroxyl groups excluding tert-OH is 1. The van der Waals surface area contributed by atoms with Gasteiger partial charge in [0.1, 0.15) is 0 Å². The summed E-state index contributed by atoms with van der Waals surface area (Å²) in [6, 6.07) is 3.89. The van der Waals surface area contributed by atoms with Crippen LogP contribution >= 0.6 is 0 Å². The van der Waals surface area contributed by atoms with Crippen LogP contribution in [0.5, 0.6) is 0 Å². The molecule has 1 aliphatic heterocycles. The quantitative estimate of drug-likeness (QED) is 0.858. The molecule has 0 radical (unpaired) electrons. The molecule has 1 aliphatic rings. The molecule has 1 fully saturated rings. The highest BCUT2D eigenvalue weighted by Crippen LogP contribution is 2.11. The van der Waals surface area contributed by atoms with Gasteiger partial charge < -0.3 is 10.0 Å². The average molecular weight is 291 g/mol. The molecule has 5 heteroatoms. The van der Waals surface area contributed by atoms with Crippen molar-refractivity contribution in [2.75, 3.05) is 32.8 Å². The van der Waals surface area contributed by atoms with Gasteiger partial charge in [-0.25, -0.2) is 0 Å². The fourth-order valence-electron chi connectivity index (χ4n) is 2.72. The Hall–Kier alpha value is -1.46. The number of aliphatic hydroxyl groups is 1. The summed E-state index contributed by atoms with van der Waals surface area (Å²) in [5.41, 5.74) is 1.06. The van der Waals surface area contributed by atoms with E-state index < -0.39 is 0 Å². The SMILES string of the molecule is O=C(CN(CCO)Cc1cccnc1)N1CCCCCC1. The highest BCUT2D eigenvalue weighted by Gasteiger charge is 2.18. The zero-order valence-corrected chi connectivity index (χ0v) is 12.6. The van der Waals surface area contributed by atoms with E-state index in [1.165, 1.54) is 12.8 Å². The number of likely N-dealkylation sites (tertiary alicyclic amines) is 1. The molecule has 0 atom stereocenters. The molecule has 5 nitrogen and oxygen atoms in total. The molecule has 2 heterocycles. The lowest BCUT2D eigenvalue weighted by molar-refractivity contribution is -0.132. The van der Waals surface area contributed by atoms with Crippen LogP contribution in [0.4, 0.5) is 0 Å². The number of hydrogen-bond donors (Lipinski definition) is 1. The normalized spacial score (nSPS) is 16.0. The van der Waals surface area contributed by atoms with Gasteiger partial charge in [0.2, 0.25) is 5.91 Å². The van der Waals surface area contributed by atoms with Crippen LogP contribution in [-0.4, -0.2) is 58.6 Å². The van der Waals surface area contributed by atoms with Crippen LogP contribution in [0, 0.1) is 0 Å². The summed E-state index contributed by atoms with van der Waals surface area (Å²) in [4.78, 5) is 20.5. The van der Waals surface area contributed by atoms with Gasteiger partial charge in [-0.1, -0.05) is 18.9 Å². The molecule has 0 saturated carbocycles. The lowest BCUT2D eigenvalue weighted by Crippen LogP contribution is -2.41. The Morgan fingerprint density at radius 1 is 1.29 bits per heavy atom. The second-order valence-electron chi connectivity index (χ2n) is 5.59. The third-order valence-electron chi connectivity index (χ3n) is 3.86. The predicted octanol–water partition coefficient (Wildman–Crippen LogP) is 1.28. The van der Waals surface area contributed by atoms with E-state index in [9.17, 15) is 9.90 Å². The molecule has 0 spiro atoms. The Kier molecular flexibility index (Phi) is 6.63. The molecule has 0 aromatic carbocycles. The van der Waals surface area contributed by atoms with E-state index in [0.717, 1.165) is 31.5 Å². The zero-order valence-electron chi connectivity index (χ0n) is 12.6. The van der Waals surface area contributed by atoms with Crippen molar-refractivity contribution in [2.24, 2.45) is 0 Å². The van der Waals surface area contributed by atoms with Gasteiger partial charge >= 0.3 is 0 Å². The van der Waals surface area contributed by atoms with E-state index in [1.807, 2.05) is 21.9 Å². The maximum atomic E-state index is 12.4. The van der Waals surface area contributed by atoms with Crippen molar-refractivity contribution in [3.8, 4) is 0 Å². The van der Waals surface area contributed by atoms with Crippen LogP contribution in [0.1, 0.15) is 31.2 Å². The number of carbonyl (C=O) groups excluding carboxylic acids is 1. The molecule has 1 N–H and O–H groups in total. The van der Waals surface area contributed by atoms with Crippen LogP contribution in [0.15, 0.2) is 24.5 Å². The lowest BCUT2D eigenvalue weighted by atomic mass is 10.2. The molecule has 0 unspecified atom stereocenters. The Labute approximate surface area is 126 Å². The van der Waals surface area contributed by atoms with Crippen molar-refractivity contribution < 1.29 is 9.90 Å². The molecule has 0 aliphatic carbocycles. The zero-order chi connectivity index (χ0) is 14.9. The molecule has 0 bridgehead atoms. The Bertz CT molecular complexity index is 417. The number of amides is 1. The molecule has 116 valence electrons. The van der Waals surface area contributed by atoms with Crippen molar-refractivity contribution in [2.45, 2.75) is 32.2 Å². The van der Waals surface area contributed by atoms with E-state index in [2.05, 4.69) is 4.98 Å². The fraction of sp³-hybridized carbons (Fsp3) is 0.625. The van der Waals surface area contributed by atoms with Crippen LogP contribution in [0.25, 0.3) is 0 Å². The van der Waals surface area contributed by atoms with Crippen LogP contribution < -0.4 is 0 Å². The molecule has 1 aromatic heterocycles.